The molecule has 1 aliphatic heterocycles. The van der Waals surface area contributed by atoms with Crippen LogP contribution >= 0.6 is 0 Å². The molecule has 0 aromatic heterocycles. The molecule has 4 nitrogen and oxygen atoms in total. The van der Waals surface area contributed by atoms with E-state index in [1.807, 2.05) is 37.3 Å². The minimum absolute atomic E-state index is 0.152. The number of carbonyl (C=O) groups is 1. The van der Waals surface area contributed by atoms with Gasteiger partial charge >= 0.3 is 0 Å². The average molecular weight is 315 g/mol. The van der Waals surface area contributed by atoms with Crippen LogP contribution in [-0.4, -0.2) is 18.6 Å². The van der Waals surface area contributed by atoms with Crippen LogP contribution in [0, 0.1) is 12.8 Å². The standard InChI is InChI=1S/C17H17NO3S/c1-12-8-10-15(11-9-12)22(20,21)18-16(13(2)17(18)19)14-6-4-3-5-7-14/h3-11,13,16H,1-2H3/t13-,16-/m0/s1. The average Bonchev–Trinajstić information content (AvgIpc) is 2.52. The van der Waals surface area contributed by atoms with Crippen LogP contribution in [0.2, 0.25) is 0 Å². The van der Waals surface area contributed by atoms with Gasteiger partial charge < -0.3 is 0 Å². The highest BCUT2D eigenvalue weighted by molar-refractivity contribution is 7.89. The second-order valence-electron chi connectivity index (χ2n) is 5.60. The first-order chi connectivity index (χ1) is 10.4. The predicted molar refractivity (Wildman–Crippen MR) is 83.6 cm³/mol. The summed E-state index contributed by atoms with van der Waals surface area (Å²) in [6, 6.07) is 15.4. The zero-order chi connectivity index (χ0) is 15.9. The number of sulfonamides is 1. The number of nitrogens with zero attached hydrogens (tertiary/aromatic N) is 1. The Morgan fingerprint density at radius 1 is 0.955 bits per heavy atom. The smallest absolute Gasteiger partial charge is 0.267 e. The Bertz CT molecular complexity index is 798. The summed E-state index contributed by atoms with van der Waals surface area (Å²) in [5.74, 6) is -0.683. The highest BCUT2D eigenvalue weighted by Crippen LogP contribution is 2.43. The summed E-state index contributed by atoms with van der Waals surface area (Å²) in [5.41, 5.74) is 1.81. The molecule has 0 unspecified atom stereocenters. The molecule has 22 heavy (non-hydrogen) atoms. The van der Waals surface area contributed by atoms with E-state index in [4.69, 9.17) is 0 Å². The SMILES string of the molecule is Cc1ccc(S(=O)(=O)N2C(=O)[C@@H](C)[C@H]2c2ccccc2)cc1. The van der Waals surface area contributed by atoms with Crippen LogP contribution in [-0.2, 0) is 14.8 Å². The number of carbonyl (C=O) groups excluding carboxylic acids is 1. The fourth-order valence-corrected chi connectivity index (χ4v) is 4.47. The number of hydrogen-bond donors (Lipinski definition) is 0. The summed E-state index contributed by atoms with van der Waals surface area (Å²) >= 11 is 0. The monoisotopic (exact) mass is 315 g/mol. The minimum atomic E-state index is -3.81. The maximum atomic E-state index is 12.8. The molecule has 0 N–H and O–H groups in total. The molecule has 0 bridgehead atoms. The number of aryl methyl sites for hydroxylation is 1. The zero-order valence-electron chi connectivity index (χ0n) is 12.4. The van der Waals surface area contributed by atoms with Gasteiger partial charge in [0.05, 0.1) is 16.9 Å². The van der Waals surface area contributed by atoms with Crippen molar-refractivity contribution in [3.05, 3.63) is 65.7 Å². The van der Waals surface area contributed by atoms with E-state index in [9.17, 15) is 13.2 Å². The van der Waals surface area contributed by atoms with Crippen LogP contribution in [0.4, 0.5) is 0 Å². The molecule has 1 fully saturated rings. The number of β-lactam (4-membered cyclic amide) rings is 1. The van der Waals surface area contributed by atoms with Crippen LogP contribution < -0.4 is 0 Å². The maximum Gasteiger partial charge on any atom is 0.267 e. The number of rotatable bonds is 3. The van der Waals surface area contributed by atoms with Crippen molar-refractivity contribution in [2.75, 3.05) is 0 Å². The van der Waals surface area contributed by atoms with Crippen molar-refractivity contribution in [2.24, 2.45) is 5.92 Å². The van der Waals surface area contributed by atoms with Gasteiger partial charge in [0.15, 0.2) is 0 Å². The lowest BCUT2D eigenvalue weighted by Crippen LogP contribution is -2.56. The van der Waals surface area contributed by atoms with Crippen molar-refractivity contribution < 1.29 is 13.2 Å². The molecule has 0 spiro atoms. The van der Waals surface area contributed by atoms with Crippen molar-refractivity contribution in [2.45, 2.75) is 24.8 Å². The van der Waals surface area contributed by atoms with Crippen molar-refractivity contribution >= 4 is 15.9 Å². The normalized spacial score (nSPS) is 21.5. The second kappa shape index (κ2) is 5.25. The van der Waals surface area contributed by atoms with Gasteiger partial charge in [-0.05, 0) is 24.6 Å². The summed E-state index contributed by atoms with van der Waals surface area (Å²) in [6.45, 7) is 3.65. The van der Waals surface area contributed by atoms with Gasteiger partial charge in [-0.3, -0.25) is 4.79 Å². The Kier molecular flexibility index (Phi) is 3.53. The number of benzene rings is 2. The van der Waals surface area contributed by atoms with Crippen molar-refractivity contribution in [3.8, 4) is 0 Å². The van der Waals surface area contributed by atoms with Gasteiger partial charge in [0.2, 0.25) is 5.91 Å². The summed E-state index contributed by atoms with van der Waals surface area (Å²) in [7, 11) is -3.81. The number of amides is 1. The molecule has 1 heterocycles. The lowest BCUT2D eigenvalue weighted by Gasteiger charge is -2.44. The molecular formula is C17H17NO3S. The topological polar surface area (TPSA) is 54.5 Å². The van der Waals surface area contributed by atoms with Crippen LogP contribution in [0.1, 0.15) is 24.1 Å². The zero-order valence-corrected chi connectivity index (χ0v) is 13.2. The van der Waals surface area contributed by atoms with E-state index >= 15 is 0 Å². The van der Waals surface area contributed by atoms with E-state index in [-0.39, 0.29) is 16.7 Å². The van der Waals surface area contributed by atoms with Crippen LogP contribution in [0.5, 0.6) is 0 Å². The largest absolute Gasteiger partial charge is 0.273 e. The van der Waals surface area contributed by atoms with Crippen molar-refractivity contribution in [1.82, 2.24) is 4.31 Å². The quantitative estimate of drug-likeness (QED) is 0.818. The minimum Gasteiger partial charge on any atom is -0.273 e. The highest BCUT2D eigenvalue weighted by Gasteiger charge is 2.51. The van der Waals surface area contributed by atoms with E-state index < -0.39 is 16.1 Å². The van der Waals surface area contributed by atoms with Gasteiger partial charge in [-0.25, -0.2) is 12.7 Å². The number of hydrogen-bond acceptors (Lipinski definition) is 3. The molecule has 1 aliphatic rings. The Balaban J connectivity index is 2.02. The highest BCUT2D eigenvalue weighted by atomic mass is 32.2. The third-order valence-electron chi connectivity index (χ3n) is 4.05. The molecule has 0 aliphatic carbocycles. The van der Waals surface area contributed by atoms with Crippen LogP contribution in [0.25, 0.3) is 0 Å². The molecule has 1 amide bonds. The van der Waals surface area contributed by atoms with Gasteiger partial charge in [0.1, 0.15) is 0 Å². The third-order valence-corrected chi connectivity index (χ3v) is 5.84. The molecule has 0 radical (unpaired) electrons. The Labute approximate surface area is 130 Å². The fourth-order valence-electron chi connectivity index (χ4n) is 2.76. The predicted octanol–water partition coefficient (Wildman–Crippen LogP) is 2.90. The summed E-state index contributed by atoms with van der Waals surface area (Å²) in [4.78, 5) is 12.3. The molecule has 5 heteroatoms. The summed E-state index contributed by atoms with van der Waals surface area (Å²) < 4.78 is 26.6. The van der Waals surface area contributed by atoms with Gasteiger partial charge in [-0.1, -0.05) is 55.0 Å². The maximum absolute atomic E-state index is 12.8. The molecule has 3 rings (SSSR count). The van der Waals surface area contributed by atoms with E-state index in [0.717, 1.165) is 15.4 Å². The lowest BCUT2D eigenvalue weighted by molar-refractivity contribution is -0.145. The first kappa shape index (κ1) is 14.8. The van der Waals surface area contributed by atoms with Gasteiger partial charge in [0.25, 0.3) is 10.0 Å². The molecule has 2 atom stereocenters. The summed E-state index contributed by atoms with van der Waals surface area (Å²) in [5, 5.41) is 0. The van der Waals surface area contributed by atoms with Gasteiger partial charge in [-0.15, -0.1) is 0 Å². The Morgan fingerprint density at radius 2 is 1.55 bits per heavy atom. The molecule has 1 saturated heterocycles. The van der Waals surface area contributed by atoms with E-state index in [0.29, 0.717) is 0 Å². The molecule has 0 saturated carbocycles. The molecular weight excluding hydrogens is 298 g/mol. The third kappa shape index (κ3) is 2.22. The second-order valence-corrected chi connectivity index (χ2v) is 7.41. The Morgan fingerprint density at radius 3 is 2.14 bits per heavy atom. The van der Waals surface area contributed by atoms with Gasteiger partial charge in [0, 0.05) is 0 Å². The first-order valence-electron chi connectivity index (χ1n) is 7.13. The van der Waals surface area contributed by atoms with E-state index in [1.54, 1.807) is 31.2 Å². The lowest BCUT2D eigenvalue weighted by atomic mass is 9.87. The van der Waals surface area contributed by atoms with E-state index in [2.05, 4.69) is 0 Å². The summed E-state index contributed by atoms with van der Waals surface area (Å²) in [6.07, 6.45) is 0. The van der Waals surface area contributed by atoms with E-state index in [1.165, 1.54) is 0 Å². The van der Waals surface area contributed by atoms with Gasteiger partial charge in [-0.2, -0.15) is 0 Å². The Hall–Kier alpha value is -2.14. The van der Waals surface area contributed by atoms with Crippen molar-refractivity contribution in [1.29, 1.82) is 0 Å². The fraction of sp³-hybridized carbons (Fsp3) is 0.235. The van der Waals surface area contributed by atoms with Crippen molar-refractivity contribution in [3.63, 3.8) is 0 Å². The molecule has 2 aromatic carbocycles. The molecule has 114 valence electrons. The van der Waals surface area contributed by atoms with Crippen LogP contribution in [0.15, 0.2) is 59.5 Å². The molecule has 2 aromatic rings. The van der Waals surface area contributed by atoms with Crippen LogP contribution in [0.3, 0.4) is 0 Å². The first-order valence-corrected chi connectivity index (χ1v) is 8.57.